The van der Waals surface area contributed by atoms with E-state index in [1.54, 1.807) is 0 Å². The highest BCUT2D eigenvalue weighted by Gasteiger charge is 2.64. The summed E-state index contributed by atoms with van der Waals surface area (Å²) in [7, 11) is 0. The Morgan fingerprint density at radius 2 is 1.11 bits per heavy atom. The van der Waals surface area contributed by atoms with Crippen molar-refractivity contribution in [3.63, 3.8) is 0 Å². The lowest BCUT2D eigenvalue weighted by atomic mass is 9.59. The Labute approximate surface area is 115 Å². The minimum atomic E-state index is -1.96. The Hall–Kier alpha value is -0.240. The summed E-state index contributed by atoms with van der Waals surface area (Å²) in [6.07, 6.45) is -1.09. The van der Waals surface area contributed by atoms with E-state index in [2.05, 4.69) is 0 Å². The van der Waals surface area contributed by atoms with E-state index < -0.39 is 34.0 Å². The Balaban J connectivity index is 5.92. The molecule has 19 heavy (non-hydrogen) atoms. The molecular formula is C13H30N2O4. The van der Waals surface area contributed by atoms with Crippen molar-refractivity contribution in [3.8, 4) is 0 Å². The highest BCUT2D eigenvalue weighted by Crippen LogP contribution is 2.42. The van der Waals surface area contributed by atoms with Gasteiger partial charge in [0.2, 0.25) is 0 Å². The average Bonchev–Trinajstić information content (AvgIpc) is 2.14. The topological polar surface area (TPSA) is 133 Å². The largest absolute Gasteiger partial charge is 0.391 e. The van der Waals surface area contributed by atoms with Crippen molar-refractivity contribution >= 4 is 0 Å². The van der Waals surface area contributed by atoms with E-state index in [4.69, 9.17) is 11.5 Å². The predicted molar refractivity (Wildman–Crippen MR) is 74.4 cm³/mol. The van der Waals surface area contributed by atoms with Gasteiger partial charge in [0.25, 0.3) is 0 Å². The summed E-state index contributed by atoms with van der Waals surface area (Å²) in [5, 5.41) is 41.4. The SMILES string of the molecule is CC(O)C(C)(N)C(C)(O)C(C)(O)C(C)(N)C(C)(C)O. The minimum absolute atomic E-state index is 1.09. The lowest BCUT2D eigenvalue weighted by Gasteiger charge is -2.58. The molecule has 0 aliphatic heterocycles. The standard InChI is InChI=1S/C13H30N2O4/c1-8(16)10(4,14)12(6,18)13(7,19)11(5,15)9(2,3)17/h8,16-19H,14-15H2,1-7H3. The van der Waals surface area contributed by atoms with E-state index in [9.17, 15) is 20.4 Å². The van der Waals surface area contributed by atoms with Crippen LogP contribution in [-0.2, 0) is 0 Å². The van der Waals surface area contributed by atoms with Gasteiger partial charge in [-0.1, -0.05) is 0 Å². The third-order valence-corrected chi connectivity index (χ3v) is 5.15. The zero-order chi connectivity index (χ0) is 16.1. The molecule has 0 bridgehead atoms. The first kappa shape index (κ1) is 18.8. The maximum Gasteiger partial charge on any atom is 0.112 e. The second-order valence-corrected chi connectivity index (χ2v) is 6.86. The maximum absolute atomic E-state index is 10.8. The summed E-state index contributed by atoms with van der Waals surface area (Å²) in [6, 6.07) is 0. The molecule has 0 heterocycles. The number of hydrogen-bond donors (Lipinski definition) is 6. The smallest absolute Gasteiger partial charge is 0.112 e. The molecule has 0 rings (SSSR count). The van der Waals surface area contributed by atoms with E-state index in [0.717, 1.165) is 0 Å². The van der Waals surface area contributed by atoms with Crippen LogP contribution in [-0.4, -0.2) is 54.4 Å². The Bertz CT molecular complexity index is 328. The Morgan fingerprint density at radius 1 is 0.789 bits per heavy atom. The fourth-order valence-electron chi connectivity index (χ4n) is 2.03. The molecule has 0 radical (unpaired) electrons. The number of aliphatic hydroxyl groups excluding tert-OH is 1. The van der Waals surface area contributed by atoms with Crippen molar-refractivity contribution in [2.45, 2.75) is 82.5 Å². The highest BCUT2D eigenvalue weighted by molar-refractivity contribution is 5.21. The monoisotopic (exact) mass is 278 g/mol. The first-order chi connectivity index (χ1) is 7.94. The van der Waals surface area contributed by atoms with Gasteiger partial charge in [-0.05, 0) is 48.5 Å². The molecule has 0 aromatic heterocycles. The van der Waals surface area contributed by atoms with Crippen molar-refractivity contribution in [3.05, 3.63) is 0 Å². The summed E-state index contributed by atoms with van der Waals surface area (Å²) in [4.78, 5) is 0. The van der Waals surface area contributed by atoms with E-state index in [1.807, 2.05) is 0 Å². The summed E-state index contributed by atoms with van der Waals surface area (Å²) in [6.45, 7) is 9.76. The van der Waals surface area contributed by atoms with E-state index in [1.165, 1.54) is 48.5 Å². The lowest BCUT2D eigenvalue weighted by molar-refractivity contribution is -0.236. The fraction of sp³-hybridized carbons (Fsp3) is 1.00. The molecule has 0 spiro atoms. The number of hydrogen-bond acceptors (Lipinski definition) is 6. The molecule has 8 N–H and O–H groups in total. The average molecular weight is 278 g/mol. The molecule has 5 unspecified atom stereocenters. The zero-order valence-electron chi connectivity index (χ0n) is 13.0. The van der Waals surface area contributed by atoms with Crippen LogP contribution in [0, 0.1) is 0 Å². The van der Waals surface area contributed by atoms with Crippen LogP contribution in [0.5, 0.6) is 0 Å². The van der Waals surface area contributed by atoms with E-state index in [0.29, 0.717) is 0 Å². The van der Waals surface area contributed by atoms with Crippen molar-refractivity contribution in [2.24, 2.45) is 11.5 Å². The van der Waals surface area contributed by atoms with Crippen LogP contribution < -0.4 is 11.5 Å². The van der Waals surface area contributed by atoms with Gasteiger partial charge < -0.3 is 31.9 Å². The van der Waals surface area contributed by atoms with Crippen LogP contribution in [0.3, 0.4) is 0 Å². The molecule has 0 aromatic rings. The van der Waals surface area contributed by atoms with Gasteiger partial charge in [-0.2, -0.15) is 0 Å². The van der Waals surface area contributed by atoms with Crippen molar-refractivity contribution < 1.29 is 20.4 Å². The molecule has 0 saturated heterocycles. The van der Waals surface area contributed by atoms with Crippen LogP contribution in [0.4, 0.5) is 0 Å². The molecule has 0 fully saturated rings. The van der Waals surface area contributed by atoms with Gasteiger partial charge in [0.05, 0.1) is 22.8 Å². The summed E-state index contributed by atoms with van der Waals surface area (Å²) in [5.74, 6) is 0. The van der Waals surface area contributed by atoms with Crippen molar-refractivity contribution in [1.29, 1.82) is 0 Å². The predicted octanol–water partition coefficient (Wildman–Crippen LogP) is -0.925. The highest BCUT2D eigenvalue weighted by atomic mass is 16.4. The van der Waals surface area contributed by atoms with Gasteiger partial charge in [0.1, 0.15) is 11.2 Å². The normalized spacial score (nSPS) is 27.6. The number of aliphatic hydroxyl groups is 4. The second-order valence-electron chi connectivity index (χ2n) is 6.86. The van der Waals surface area contributed by atoms with Crippen LogP contribution in [0.25, 0.3) is 0 Å². The minimum Gasteiger partial charge on any atom is -0.391 e. The number of rotatable bonds is 5. The number of nitrogens with two attached hydrogens (primary N) is 2. The molecule has 0 aliphatic rings. The van der Waals surface area contributed by atoms with Crippen LogP contribution in [0.2, 0.25) is 0 Å². The first-order valence-corrected chi connectivity index (χ1v) is 6.37. The molecule has 5 atom stereocenters. The van der Waals surface area contributed by atoms with E-state index >= 15 is 0 Å². The van der Waals surface area contributed by atoms with Gasteiger partial charge in [-0.25, -0.2) is 0 Å². The quantitative estimate of drug-likeness (QED) is 0.385. The van der Waals surface area contributed by atoms with Crippen molar-refractivity contribution in [2.75, 3.05) is 0 Å². The molecule has 0 aliphatic carbocycles. The summed E-state index contributed by atoms with van der Waals surface area (Å²) < 4.78 is 0. The first-order valence-electron chi connectivity index (χ1n) is 6.37. The van der Waals surface area contributed by atoms with Gasteiger partial charge >= 0.3 is 0 Å². The lowest BCUT2D eigenvalue weighted by Crippen LogP contribution is -2.82. The summed E-state index contributed by atoms with van der Waals surface area (Å²) in [5.41, 5.74) is 3.54. The van der Waals surface area contributed by atoms with Crippen LogP contribution >= 0.6 is 0 Å². The molecule has 0 amide bonds. The Morgan fingerprint density at radius 3 is 1.32 bits per heavy atom. The third-order valence-electron chi connectivity index (χ3n) is 5.15. The fourth-order valence-corrected chi connectivity index (χ4v) is 2.03. The van der Waals surface area contributed by atoms with E-state index in [-0.39, 0.29) is 0 Å². The molecule has 6 heteroatoms. The zero-order valence-corrected chi connectivity index (χ0v) is 13.0. The molecule has 6 nitrogen and oxygen atoms in total. The maximum atomic E-state index is 10.8. The molecule has 0 saturated carbocycles. The van der Waals surface area contributed by atoms with Gasteiger partial charge in [-0.15, -0.1) is 0 Å². The molecule has 0 aromatic carbocycles. The van der Waals surface area contributed by atoms with Crippen LogP contribution in [0.1, 0.15) is 48.5 Å². The third kappa shape index (κ3) is 2.53. The van der Waals surface area contributed by atoms with Crippen LogP contribution in [0.15, 0.2) is 0 Å². The second kappa shape index (κ2) is 4.65. The molecular weight excluding hydrogens is 248 g/mol. The van der Waals surface area contributed by atoms with Crippen molar-refractivity contribution in [1.82, 2.24) is 0 Å². The summed E-state index contributed by atoms with van der Waals surface area (Å²) >= 11 is 0. The molecule has 116 valence electrons. The Kier molecular flexibility index (Phi) is 4.59. The van der Waals surface area contributed by atoms with Gasteiger partial charge in [0, 0.05) is 0 Å². The van der Waals surface area contributed by atoms with Gasteiger partial charge in [0.15, 0.2) is 0 Å². The van der Waals surface area contributed by atoms with Gasteiger partial charge in [-0.3, -0.25) is 0 Å².